The predicted octanol–water partition coefficient (Wildman–Crippen LogP) is 13.9. The number of unbranched alkanes of at least 4 members (excludes halogenated alkanes) is 29. The van der Waals surface area contributed by atoms with Crippen LogP contribution < -0.4 is 4.57 Å². The monoisotopic (exact) mass is 602 g/mol. The second-order valence-electron chi connectivity index (χ2n) is 14.1. The molecule has 0 aliphatic rings. The van der Waals surface area contributed by atoms with Crippen LogP contribution in [0.25, 0.3) is 0 Å². The normalized spacial score (nSPS) is 11.6. The van der Waals surface area contributed by atoms with E-state index in [0.29, 0.717) is 0 Å². The van der Waals surface area contributed by atoms with E-state index in [1.165, 1.54) is 225 Å². The Bertz CT molecular complexity index is 663. The predicted molar refractivity (Wildman–Crippen MR) is 193 cm³/mol. The molecule has 0 amide bonds. The van der Waals surface area contributed by atoms with Gasteiger partial charge in [-0.25, -0.2) is 9.13 Å². The first-order valence-corrected chi connectivity index (χ1v) is 20.4. The number of hydrogen-bond donors (Lipinski definition) is 0. The van der Waals surface area contributed by atoms with Gasteiger partial charge in [-0.3, -0.25) is 0 Å². The molecule has 0 aliphatic carbocycles. The van der Waals surface area contributed by atoms with E-state index in [4.69, 9.17) is 0 Å². The molecule has 0 radical (unpaired) electrons. The minimum absolute atomic E-state index is 1.23. The number of rotatable bonds is 35. The minimum Gasteiger partial charge on any atom is -0.234 e. The molecule has 254 valence electrons. The van der Waals surface area contributed by atoms with Crippen molar-refractivity contribution in [2.75, 3.05) is 0 Å². The highest BCUT2D eigenvalue weighted by Crippen LogP contribution is 2.15. The summed E-state index contributed by atoms with van der Waals surface area (Å²) in [6.45, 7) is 9.40. The molecule has 2 heteroatoms. The summed E-state index contributed by atoms with van der Waals surface area (Å²) in [4.78, 5) is 0. The van der Waals surface area contributed by atoms with Crippen LogP contribution in [-0.2, 0) is 19.5 Å². The van der Waals surface area contributed by atoms with Crippen LogP contribution in [0.1, 0.15) is 232 Å². The molecule has 1 aromatic rings. The van der Waals surface area contributed by atoms with Gasteiger partial charge < -0.3 is 0 Å². The molecular formula is C41H81N2+. The molecule has 0 fully saturated rings. The lowest BCUT2D eigenvalue weighted by Gasteiger charge is -2.07. The van der Waals surface area contributed by atoms with Crippen molar-refractivity contribution >= 4 is 0 Å². The summed E-state index contributed by atoms with van der Waals surface area (Å²) in [5.41, 5.74) is 0. The molecule has 0 saturated carbocycles. The molecule has 0 unspecified atom stereocenters. The highest BCUT2D eigenvalue weighted by atomic mass is 15.1. The van der Waals surface area contributed by atoms with E-state index in [1.807, 2.05) is 0 Å². The molecule has 1 heterocycles. The Morgan fingerprint density at radius 3 is 1.12 bits per heavy atom. The van der Waals surface area contributed by atoms with Gasteiger partial charge in [0.05, 0.1) is 13.1 Å². The smallest absolute Gasteiger partial charge is 0.234 e. The highest BCUT2D eigenvalue weighted by molar-refractivity contribution is 4.84. The molecule has 0 N–H and O–H groups in total. The van der Waals surface area contributed by atoms with E-state index in [1.54, 1.807) is 5.82 Å². The Balaban J connectivity index is 2.27. The second kappa shape index (κ2) is 32.6. The van der Waals surface area contributed by atoms with Crippen LogP contribution in [0.3, 0.4) is 0 Å². The van der Waals surface area contributed by atoms with Crippen molar-refractivity contribution in [2.45, 2.75) is 246 Å². The Morgan fingerprint density at radius 1 is 0.395 bits per heavy atom. The molecule has 0 aromatic carbocycles. The molecule has 0 spiro atoms. The van der Waals surface area contributed by atoms with Gasteiger partial charge in [0, 0.05) is 6.42 Å². The second-order valence-corrected chi connectivity index (χ2v) is 14.1. The minimum atomic E-state index is 1.23. The molecule has 0 bridgehead atoms. The van der Waals surface area contributed by atoms with Gasteiger partial charge >= 0.3 is 0 Å². The van der Waals surface area contributed by atoms with Gasteiger partial charge in [-0.15, -0.1) is 0 Å². The van der Waals surface area contributed by atoms with E-state index in [2.05, 4.69) is 42.3 Å². The summed E-state index contributed by atoms with van der Waals surface area (Å²) in [5.74, 6) is 1.62. The van der Waals surface area contributed by atoms with Crippen molar-refractivity contribution in [1.29, 1.82) is 0 Å². The Morgan fingerprint density at radius 2 is 0.721 bits per heavy atom. The standard InChI is InChI=1S/C41H81N2/c1-4-7-10-13-16-19-20-21-22-23-26-29-32-35-38-43-40-39-42(37-34-31-28-25-18-15-12-9-6-3)41(43)36-33-30-27-24-17-14-11-8-5-2/h39-40H,4-38H2,1-3H3/q+1. The van der Waals surface area contributed by atoms with Gasteiger partial charge in [0.25, 0.3) is 5.82 Å². The van der Waals surface area contributed by atoms with Gasteiger partial charge in [-0.2, -0.15) is 0 Å². The van der Waals surface area contributed by atoms with Crippen LogP contribution in [0.15, 0.2) is 12.4 Å². The molecule has 1 aromatic heterocycles. The van der Waals surface area contributed by atoms with Crippen LogP contribution in [0, 0.1) is 0 Å². The fraction of sp³-hybridized carbons (Fsp3) is 0.927. The summed E-state index contributed by atoms with van der Waals surface area (Å²) in [6.07, 6.45) is 51.9. The van der Waals surface area contributed by atoms with Crippen molar-refractivity contribution in [1.82, 2.24) is 4.57 Å². The fourth-order valence-electron chi connectivity index (χ4n) is 6.86. The van der Waals surface area contributed by atoms with E-state index in [-0.39, 0.29) is 0 Å². The number of imidazole rings is 1. The zero-order valence-electron chi connectivity index (χ0n) is 30.3. The molecule has 2 nitrogen and oxygen atoms in total. The molecule has 0 saturated heterocycles. The lowest BCUT2D eigenvalue weighted by atomic mass is 10.0. The maximum absolute atomic E-state index is 2.64. The maximum atomic E-state index is 2.64. The van der Waals surface area contributed by atoms with E-state index < -0.39 is 0 Å². The lowest BCUT2D eigenvalue weighted by molar-refractivity contribution is -0.704. The first-order valence-electron chi connectivity index (χ1n) is 20.4. The van der Waals surface area contributed by atoms with Crippen molar-refractivity contribution in [2.24, 2.45) is 0 Å². The number of nitrogens with zero attached hydrogens (tertiary/aromatic N) is 2. The summed E-state index contributed by atoms with van der Waals surface area (Å²) in [7, 11) is 0. The van der Waals surface area contributed by atoms with Crippen LogP contribution in [-0.4, -0.2) is 4.57 Å². The third-order valence-corrected chi connectivity index (χ3v) is 9.85. The number of aromatic nitrogens is 2. The molecule has 0 atom stereocenters. The molecule has 0 aliphatic heterocycles. The Labute approximate surface area is 272 Å². The number of aryl methyl sites for hydroxylation is 2. The van der Waals surface area contributed by atoms with Crippen molar-refractivity contribution < 1.29 is 4.57 Å². The largest absolute Gasteiger partial charge is 0.256 e. The molecule has 43 heavy (non-hydrogen) atoms. The fourth-order valence-corrected chi connectivity index (χ4v) is 6.86. The average molecular weight is 602 g/mol. The van der Waals surface area contributed by atoms with Crippen molar-refractivity contribution in [3.05, 3.63) is 18.2 Å². The maximum Gasteiger partial charge on any atom is 0.256 e. The molecule has 1 rings (SSSR count). The van der Waals surface area contributed by atoms with E-state index in [9.17, 15) is 0 Å². The number of hydrogen-bond acceptors (Lipinski definition) is 0. The van der Waals surface area contributed by atoms with Crippen LogP contribution in [0.5, 0.6) is 0 Å². The van der Waals surface area contributed by atoms with Gasteiger partial charge in [-0.1, -0.05) is 194 Å². The quantitative estimate of drug-likeness (QED) is 0.0540. The van der Waals surface area contributed by atoms with E-state index in [0.717, 1.165) is 0 Å². The summed E-state index contributed by atoms with van der Waals surface area (Å²) in [5, 5.41) is 0. The van der Waals surface area contributed by atoms with Crippen LogP contribution in [0.2, 0.25) is 0 Å². The first kappa shape index (κ1) is 40.2. The van der Waals surface area contributed by atoms with Crippen molar-refractivity contribution in [3.8, 4) is 0 Å². The zero-order chi connectivity index (χ0) is 30.9. The lowest BCUT2D eigenvalue weighted by Crippen LogP contribution is -2.37. The summed E-state index contributed by atoms with van der Waals surface area (Å²) in [6, 6.07) is 0. The van der Waals surface area contributed by atoms with Gasteiger partial charge in [-0.05, 0) is 32.1 Å². The van der Waals surface area contributed by atoms with E-state index >= 15 is 0 Å². The third-order valence-electron chi connectivity index (χ3n) is 9.85. The first-order chi connectivity index (χ1) is 21.3. The van der Waals surface area contributed by atoms with Crippen LogP contribution >= 0.6 is 0 Å². The van der Waals surface area contributed by atoms with Crippen LogP contribution in [0.4, 0.5) is 0 Å². The summed E-state index contributed by atoms with van der Waals surface area (Å²) >= 11 is 0. The van der Waals surface area contributed by atoms with Gasteiger partial charge in [0.15, 0.2) is 0 Å². The summed E-state index contributed by atoms with van der Waals surface area (Å²) < 4.78 is 5.27. The Kier molecular flexibility index (Phi) is 30.5. The molecular weight excluding hydrogens is 520 g/mol. The SMILES string of the molecule is CCCCCCCCCCCCCCCC[n+]1ccn(CCCCCCCCCCC)c1CCCCCCCCCCC. The van der Waals surface area contributed by atoms with Gasteiger partial charge in [0.2, 0.25) is 0 Å². The zero-order valence-corrected chi connectivity index (χ0v) is 30.3. The van der Waals surface area contributed by atoms with Gasteiger partial charge in [0.1, 0.15) is 12.4 Å². The Hall–Kier alpha value is -0.790. The van der Waals surface area contributed by atoms with Crippen molar-refractivity contribution in [3.63, 3.8) is 0 Å². The average Bonchev–Trinajstić information content (AvgIpc) is 3.40. The third kappa shape index (κ3) is 25.1. The highest BCUT2D eigenvalue weighted by Gasteiger charge is 2.16. The topological polar surface area (TPSA) is 8.81 Å².